The minimum Gasteiger partial charge on any atom is -0.466 e. The number of aliphatic imine (C=N–C) groups is 1. The molecule has 0 radical (unpaired) electrons. The summed E-state index contributed by atoms with van der Waals surface area (Å²) in [7, 11) is 0. The number of furan rings is 1. The van der Waals surface area contributed by atoms with Crippen LogP contribution in [0, 0.1) is 13.8 Å². The summed E-state index contributed by atoms with van der Waals surface area (Å²) in [6.07, 6.45) is 3.37. The van der Waals surface area contributed by atoms with Crippen LogP contribution in [0.15, 0.2) is 20.9 Å². The summed E-state index contributed by atoms with van der Waals surface area (Å²) in [6, 6.07) is 1.88. The van der Waals surface area contributed by atoms with E-state index in [4.69, 9.17) is 9.40 Å². The number of aryl methyl sites for hydroxylation is 2. The number of nitrogens with one attached hydrogen (secondary N) is 2. The van der Waals surface area contributed by atoms with Gasteiger partial charge in [0.05, 0.1) is 12.2 Å². The van der Waals surface area contributed by atoms with Crippen molar-refractivity contribution >= 4 is 46.4 Å². The van der Waals surface area contributed by atoms with Crippen molar-refractivity contribution in [3.8, 4) is 0 Å². The first-order valence-corrected chi connectivity index (χ1v) is 11.3. The molecular weight excluding hydrogens is 513 g/mol. The van der Waals surface area contributed by atoms with Gasteiger partial charge in [-0.25, -0.2) is 9.98 Å². The van der Waals surface area contributed by atoms with Gasteiger partial charge >= 0.3 is 0 Å². The molecule has 3 N–H and O–H groups in total. The Kier molecular flexibility index (Phi) is 9.42. The smallest absolute Gasteiger partial charge is 0.191 e. The van der Waals surface area contributed by atoms with Crippen LogP contribution in [0.25, 0.3) is 0 Å². The van der Waals surface area contributed by atoms with E-state index in [0.29, 0.717) is 5.96 Å². The maximum atomic E-state index is 10.9. The molecule has 2 aromatic rings. The van der Waals surface area contributed by atoms with E-state index >= 15 is 0 Å². The van der Waals surface area contributed by atoms with Gasteiger partial charge in [-0.1, -0.05) is 0 Å². The summed E-state index contributed by atoms with van der Waals surface area (Å²) in [5, 5.41) is 20.7. The summed E-state index contributed by atoms with van der Waals surface area (Å²) in [5.74, 6) is 2.22. The minimum atomic E-state index is -1.08. The van der Waals surface area contributed by atoms with Crippen LogP contribution in [-0.4, -0.2) is 48.8 Å². The van der Waals surface area contributed by atoms with Gasteiger partial charge in [-0.3, -0.25) is 0 Å². The molecule has 30 heavy (non-hydrogen) atoms. The van der Waals surface area contributed by atoms with Crippen LogP contribution in [0.3, 0.4) is 0 Å². The van der Waals surface area contributed by atoms with Crippen molar-refractivity contribution < 1.29 is 9.52 Å². The monoisotopic (exact) mass is 547 g/mol. The number of halogens is 1. The predicted octanol–water partition coefficient (Wildman–Crippen LogP) is 3.58. The summed E-state index contributed by atoms with van der Waals surface area (Å²) in [6.45, 7) is 11.5. The second kappa shape index (κ2) is 11.3. The number of aromatic nitrogens is 1. The van der Waals surface area contributed by atoms with E-state index < -0.39 is 5.60 Å². The Morgan fingerprint density at radius 1 is 1.33 bits per heavy atom. The fourth-order valence-electron chi connectivity index (χ4n) is 3.60. The van der Waals surface area contributed by atoms with E-state index in [2.05, 4.69) is 25.9 Å². The minimum absolute atomic E-state index is 0. The fourth-order valence-corrected chi connectivity index (χ4v) is 4.51. The summed E-state index contributed by atoms with van der Waals surface area (Å²) in [4.78, 5) is 11.7. The van der Waals surface area contributed by atoms with E-state index in [1.807, 2.05) is 26.8 Å². The Balaban J connectivity index is 0.00000320. The number of thiazole rings is 1. The van der Waals surface area contributed by atoms with Gasteiger partial charge in [0.25, 0.3) is 0 Å². The standard InChI is InChI=1S/C21H33N5O2S.HI/c1-5-22-19(24-14-21(4,27)18-12-15(2)28-16(18)3)23-9-8-17-13-29-20(25-17)26-10-6-7-11-26;/h12-13,27H,5-11,14H2,1-4H3,(H2,22,23,24);1H. The maximum Gasteiger partial charge on any atom is 0.191 e. The van der Waals surface area contributed by atoms with Gasteiger partial charge in [-0.15, -0.1) is 35.3 Å². The van der Waals surface area contributed by atoms with Crippen molar-refractivity contribution in [1.29, 1.82) is 0 Å². The lowest BCUT2D eigenvalue weighted by Crippen LogP contribution is -2.39. The molecule has 1 atom stereocenters. The topological polar surface area (TPSA) is 85.9 Å². The maximum absolute atomic E-state index is 10.9. The van der Waals surface area contributed by atoms with E-state index in [1.165, 1.54) is 12.8 Å². The summed E-state index contributed by atoms with van der Waals surface area (Å²) >= 11 is 1.73. The molecule has 0 aromatic carbocycles. The van der Waals surface area contributed by atoms with Gasteiger partial charge in [0, 0.05) is 43.5 Å². The SMILES string of the molecule is CCNC(=NCC(C)(O)c1cc(C)oc1C)NCCc1csc(N2CCCC2)n1.I. The van der Waals surface area contributed by atoms with Crippen LogP contribution in [0.4, 0.5) is 5.13 Å². The van der Waals surface area contributed by atoms with Crippen molar-refractivity contribution in [1.82, 2.24) is 15.6 Å². The van der Waals surface area contributed by atoms with Gasteiger partial charge in [0.2, 0.25) is 0 Å². The zero-order valence-electron chi connectivity index (χ0n) is 18.3. The highest BCUT2D eigenvalue weighted by molar-refractivity contribution is 14.0. The van der Waals surface area contributed by atoms with Gasteiger partial charge in [-0.2, -0.15) is 0 Å². The number of anilines is 1. The van der Waals surface area contributed by atoms with E-state index in [9.17, 15) is 5.11 Å². The van der Waals surface area contributed by atoms with E-state index in [1.54, 1.807) is 18.3 Å². The highest BCUT2D eigenvalue weighted by atomic mass is 127. The molecule has 9 heteroatoms. The van der Waals surface area contributed by atoms with Crippen molar-refractivity contribution in [3.05, 3.63) is 34.2 Å². The lowest BCUT2D eigenvalue weighted by Gasteiger charge is -2.21. The van der Waals surface area contributed by atoms with Gasteiger partial charge in [0.15, 0.2) is 11.1 Å². The lowest BCUT2D eigenvalue weighted by atomic mass is 9.96. The Bertz CT molecular complexity index is 827. The molecule has 1 unspecified atom stereocenters. The predicted molar refractivity (Wildman–Crippen MR) is 134 cm³/mol. The van der Waals surface area contributed by atoms with Gasteiger partial charge in [0.1, 0.15) is 17.1 Å². The molecule has 1 saturated heterocycles. The Morgan fingerprint density at radius 2 is 2.07 bits per heavy atom. The number of nitrogens with zero attached hydrogens (tertiary/aromatic N) is 3. The molecule has 3 rings (SSSR count). The number of hydrogen-bond donors (Lipinski definition) is 3. The first kappa shape index (κ1) is 24.9. The van der Waals surface area contributed by atoms with Crippen LogP contribution in [-0.2, 0) is 12.0 Å². The molecular formula is C21H34IN5O2S. The zero-order valence-corrected chi connectivity index (χ0v) is 21.5. The second-order valence-electron chi connectivity index (χ2n) is 7.79. The normalized spacial score (nSPS) is 16.3. The molecule has 0 aliphatic carbocycles. The average Bonchev–Trinajstić information content (AvgIpc) is 3.40. The highest BCUT2D eigenvalue weighted by Crippen LogP contribution is 2.27. The molecule has 0 bridgehead atoms. The molecule has 1 aliphatic rings. The van der Waals surface area contributed by atoms with Gasteiger partial charge < -0.3 is 25.1 Å². The first-order valence-electron chi connectivity index (χ1n) is 10.4. The molecule has 0 saturated carbocycles. The molecule has 1 aliphatic heterocycles. The quantitative estimate of drug-likeness (QED) is 0.266. The molecule has 0 spiro atoms. The number of aliphatic hydroxyl groups is 1. The third-order valence-electron chi connectivity index (χ3n) is 5.10. The molecule has 0 amide bonds. The zero-order chi connectivity index (χ0) is 20.9. The van der Waals surface area contributed by atoms with Crippen molar-refractivity contribution in [2.75, 3.05) is 37.6 Å². The van der Waals surface area contributed by atoms with Crippen LogP contribution in [0.5, 0.6) is 0 Å². The van der Waals surface area contributed by atoms with Crippen LogP contribution in [0.2, 0.25) is 0 Å². The second-order valence-corrected chi connectivity index (χ2v) is 8.62. The number of rotatable bonds is 8. The van der Waals surface area contributed by atoms with Crippen molar-refractivity contribution in [2.45, 2.75) is 52.6 Å². The van der Waals surface area contributed by atoms with E-state index in [-0.39, 0.29) is 30.5 Å². The third-order valence-corrected chi connectivity index (χ3v) is 6.05. The van der Waals surface area contributed by atoms with Gasteiger partial charge in [-0.05, 0) is 46.6 Å². The Labute approximate surface area is 200 Å². The summed E-state index contributed by atoms with van der Waals surface area (Å²) in [5.41, 5.74) is 0.812. The summed E-state index contributed by atoms with van der Waals surface area (Å²) < 4.78 is 5.56. The van der Waals surface area contributed by atoms with E-state index in [0.717, 1.165) is 60.5 Å². The largest absolute Gasteiger partial charge is 0.466 e. The third kappa shape index (κ3) is 6.58. The Morgan fingerprint density at radius 3 is 2.70 bits per heavy atom. The molecule has 3 heterocycles. The number of hydrogen-bond acceptors (Lipinski definition) is 6. The molecule has 7 nitrogen and oxygen atoms in total. The molecule has 168 valence electrons. The van der Waals surface area contributed by atoms with Crippen LogP contribution >= 0.6 is 35.3 Å². The van der Waals surface area contributed by atoms with Crippen LogP contribution < -0.4 is 15.5 Å². The average molecular weight is 548 g/mol. The van der Waals surface area contributed by atoms with Crippen LogP contribution in [0.1, 0.15) is 49.5 Å². The van der Waals surface area contributed by atoms with Crippen molar-refractivity contribution in [3.63, 3.8) is 0 Å². The first-order chi connectivity index (χ1) is 13.9. The Hall–Kier alpha value is -1.33. The molecule has 1 fully saturated rings. The lowest BCUT2D eigenvalue weighted by molar-refractivity contribution is 0.0657. The molecule has 2 aromatic heterocycles. The fraction of sp³-hybridized carbons (Fsp3) is 0.619. The highest BCUT2D eigenvalue weighted by Gasteiger charge is 2.27. The van der Waals surface area contributed by atoms with Crippen molar-refractivity contribution in [2.24, 2.45) is 4.99 Å². The number of guanidine groups is 1.